The molecule has 0 saturated heterocycles. The van der Waals surface area contributed by atoms with Gasteiger partial charge in [0, 0.05) is 19.6 Å². The molecule has 0 aromatic heterocycles. The maximum absolute atomic E-state index is 10.8. The molecule has 3 fully saturated rings. The van der Waals surface area contributed by atoms with Crippen molar-refractivity contribution in [2.24, 2.45) is 63.0 Å². The van der Waals surface area contributed by atoms with E-state index in [9.17, 15) is 14.4 Å². The molecule has 9 N–H and O–H groups in total. The summed E-state index contributed by atoms with van der Waals surface area (Å²) in [6.45, 7) is 11.7. The molecule has 9 heteroatoms. The van der Waals surface area contributed by atoms with Gasteiger partial charge in [-0.3, -0.25) is 14.4 Å². The molecule has 3 aliphatic carbocycles. The van der Waals surface area contributed by atoms with Crippen LogP contribution in [0.4, 0.5) is 0 Å². The topological polar surface area (TPSA) is 190 Å². The molecule has 9 nitrogen and oxygen atoms in total. The van der Waals surface area contributed by atoms with Crippen molar-refractivity contribution in [3.05, 3.63) is 0 Å². The van der Waals surface area contributed by atoms with Gasteiger partial charge >= 0.3 is 17.9 Å². The average Bonchev–Trinajstić information content (AvgIpc) is 3.79. The highest BCUT2D eigenvalue weighted by molar-refractivity contribution is 5.71. The lowest BCUT2D eigenvalue weighted by Gasteiger charge is -2.22. The SMILES string of the molecule is CC(C)C1(CC(CN)C(=O)O)CC1.CC(C)CC1(CC(CN)C(=O)O)CC1.CCCCC1(CC(CN)C(=O)O)CC1. The minimum atomic E-state index is -0.741. The van der Waals surface area contributed by atoms with Crippen LogP contribution in [0, 0.1) is 45.8 Å². The number of rotatable bonds is 18. The highest BCUT2D eigenvalue weighted by atomic mass is 16.4. The summed E-state index contributed by atoms with van der Waals surface area (Å²) in [7, 11) is 0. The zero-order valence-corrected chi connectivity index (χ0v) is 26.5. The fourth-order valence-corrected chi connectivity index (χ4v) is 6.35. The molecule has 0 aliphatic heterocycles. The summed E-state index contributed by atoms with van der Waals surface area (Å²) in [5.41, 5.74) is 17.3. The van der Waals surface area contributed by atoms with E-state index in [1.54, 1.807) is 0 Å². The van der Waals surface area contributed by atoms with Gasteiger partial charge in [-0.2, -0.15) is 0 Å². The second-order valence-electron chi connectivity index (χ2n) is 14.1. The lowest BCUT2D eigenvalue weighted by Crippen LogP contribution is -2.28. The Bertz CT molecular complexity index is 818. The van der Waals surface area contributed by atoms with Crippen LogP contribution in [-0.2, 0) is 14.4 Å². The predicted octanol–water partition coefficient (Wildman–Crippen LogP) is 5.34. The number of hydrogen-bond acceptors (Lipinski definition) is 6. The van der Waals surface area contributed by atoms with Crippen LogP contribution in [-0.4, -0.2) is 52.9 Å². The Balaban J connectivity index is 0.000000308. The number of aliphatic carboxylic acids is 3. The van der Waals surface area contributed by atoms with E-state index < -0.39 is 17.9 Å². The first-order valence-electron chi connectivity index (χ1n) is 15.9. The van der Waals surface area contributed by atoms with Gasteiger partial charge in [0.2, 0.25) is 0 Å². The molecular formula is C32H61N3O6. The summed E-state index contributed by atoms with van der Waals surface area (Å²) in [5.74, 6) is -1.96. The van der Waals surface area contributed by atoms with Gasteiger partial charge < -0.3 is 32.5 Å². The average molecular weight is 584 g/mol. The molecule has 0 radical (unpaired) electrons. The van der Waals surface area contributed by atoms with Crippen molar-refractivity contribution in [2.75, 3.05) is 19.6 Å². The Kier molecular flexibility index (Phi) is 15.3. The predicted molar refractivity (Wildman–Crippen MR) is 163 cm³/mol. The monoisotopic (exact) mass is 583 g/mol. The van der Waals surface area contributed by atoms with Gasteiger partial charge in [-0.1, -0.05) is 47.5 Å². The largest absolute Gasteiger partial charge is 0.481 e. The van der Waals surface area contributed by atoms with E-state index in [4.69, 9.17) is 32.5 Å². The van der Waals surface area contributed by atoms with Gasteiger partial charge in [0.1, 0.15) is 0 Å². The summed E-state index contributed by atoms with van der Waals surface area (Å²) >= 11 is 0. The van der Waals surface area contributed by atoms with Crippen molar-refractivity contribution in [2.45, 2.75) is 118 Å². The number of carboxylic acids is 3. The standard InChI is InChI=1S/2C11H21NO2.C10H19NO2/c1-8(2)5-11(3-4-11)6-9(7-12)10(13)14;1-2-3-4-11(5-6-11)7-9(8-12)10(13)14;1-7(2)10(3-4-10)5-8(6-11)9(12)13/h8-9H,3-7,12H2,1-2H3,(H,13,14);9H,2-8,12H2,1H3,(H,13,14);7-8H,3-6,11H2,1-2H3,(H,12,13). The van der Waals surface area contributed by atoms with E-state index in [0.717, 1.165) is 25.7 Å². The van der Waals surface area contributed by atoms with Crippen molar-refractivity contribution >= 4 is 17.9 Å². The van der Waals surface area contributed by atoms with Gasteiger partial charge in [0.25, 0.3) is 0 Å². The highest BCUT2D eigenvalue weighted by Gasteiger charge is 2.47. The molecule has 3 aliphatic rings. The van der Waals surface area contributed by atoms with E-state index in [2.05, 4.69) is 34.6 Å². The van der Waals surface area contributed by atoms with Crippen molar-refractivity contribution in [1.29, 1.82) is 0 Å². The fraction of sp³-hybridized carbons (Fsp3) is 0.906. The van der Waals surface area contributed by atoms with Crippen molar-refractivity contribution in [3.63, 3.8) is 0 Å². The Morgan fingerprint density at radius 3 is 1.29 bits per heavy atom. The van der Waals surface area contributed by atoms with Crippen LogP contribution < -0.4 is 17.2 Å². The first-order chi connectivity index (χ1) is 19.1. The van der Waals surface area contributed by atoms with Crippen LogP contribution in [0.3, 0.4) is 0 Å². The number of hydrogen-bond donors (Lipinski definition) is 6. The third-order valence-electron chi connectivity index (χ3n) is 9.85. The number of carbonyl (C=O) groups is 3. The maximum atomic E-state index is 10.8. The Morgan fingerprint density at radius 1 is 0.634 bits per heavy atom. The van der Waals surface area contributed by atoms with E-state index >= 15 is 0 Å². The zero-order chi connectivity index (χ0) is 31.4. The van der Waals surface area contributed by atoms with Gasteiger partial charge in [-0.15, -0.1) is 0 Å². The third-order valence-corrected chi connectivity index (χ3v) is 9.85. The smallest absolute Gasteiger partial charge is 0.307 e. The van der Waals surface area contributed by atoms with Crippen LogP contribution in [0.2, 0.25) is 0 Å². The molecule has 3 unspecified atom stereocenters. The third kappa shape index (κ3) is 13.0. The van der Waals surface area contributed by atoms with Gasteiger partial charge in [0.15, 0.2) is 0 Å². The van der Waals surface area contributed by atoms with E-state index in [1.165, 1.54) is 57.8 Å². The molecule has 0 bridgehead atoms. The van der Waals surface area contributed by atoms with Crippen molar-refractivity contribution < 1.29 is 29.7 Å². The zero-order valence-electron chi connectivity index (χ0n) is 26.5. The molecule has 240 valence electrons. The molecule has 0 amide bonds. The number of nitrogens with two attached hydrogens (primary N) is 3. The summed E-state index contributed by atoms with van der Waals surface area (Å²) in [6, 6.07) is 0. The van der Waals surface area contributed by atoms with E-state index in [-0.39, 0.29) is 37.4 Å². The molecule has 0 heterocycles. The first kappa shape index (κ1) is 37.3. The summed E-state index contributed by atoms with van der Waals surface area (Å²) in [4.78, 5) is 32.5. The normalized spacial score (nSPS) is 20.9. The Morgan fingerprint density at radius 2 is 1.02 bits per heavy atom. The van der Waals surface area contributed by atoms with Crippen LogP contribution in [0.25, 0.3) is 0 Å². The summed E-state index contributed by atoms with van der Waals surface area (Å²) < 4.78 is 0. The van der Waals surface area contributed by atoms with E-state index in [0.29, 0.717) is 28.1 Å². The van der Waals surface area contributed by atoms with Gasteiger partial charge in [-0.25, -0.2) is 0 Å². The van der Waals surface area contributed by atoms with Crippen molar-refractivity contribution in [3.8, 4) is 0 Å². The highest BCUT2D eigenvalue weighted by Crippen LogP contribution is 2.56. The minimum absolute atomic E-state index is 0.268. The second-order valence-corrected chi connectivity index (χ2v) is 14.1. The lowest BCUT2D eigenvalue weighted by molar-refractivity contribution is -0.143. The molecule has 0 spiro atoms. The molecule has 0 aromatic rings. The molecular weight excluding hydrogens is 522 g/mol. The Hall–Kier alpha value is -1.71. The first-order valence-corrected chi connectivity index (χ1v) is 15.9. The molecule has 3 atom stereocenters. The summed E-state index contributed by atoms with van der Waals surface area (Å²) in [5, 5.41) is 26.7. The Labute approximate surface area is 248 Å². The second kappa shape index (κ2) is 16.8. The van der Waals surface area contributed by atoms with E-state index in [1.807, 2.05) is 0 Å². The van der Waals surface area contributed by atoms with Crippen LogP contribution in [0.1, 0.15) is 118 Å². The van der Waals surface area contributed by atoms with Gasteiger partial charge in [-0.05, 0) is 98.7 Å². The quantitative estimate of drug-likeness (QED) is 0.124. The molecule has 0 aromatic carbocycles. The summed E-state index contributed by atoms with van der Waals surface area (Å²) in [6.07, 6.45) is 14.2. The maximum Gasteiger partial charge on any atom is 0.307 e. The molecule has 3 rings (SSSR count). The van der Waals surface area contributed by atoms with Crippen LogP contribution in [0.5, 0.6) is 0 Å². The van der Waals surface area contributed by atoms with Crippen LogP contribution >= 0.6 is 0 Å². The van der Waals surface area contributed by atoms with Gasteiger partial charge in [0.05, 0.1) is 17.8 Å². The fourth-order valence-electron chi connectivity index (χ4n) is 6.35. The van der Waals surface area contributed by atoms with Crippen molar-refractivity contribution in [1.82, 2.24) is 0 Å². The number of unbranched alkanes of at least 4 members (excludes halogenated alkanes) is 1. The molecule has 41 heavy (non-hydrogen) atoms. The minimum Gasteiger partial charge on any atom is -0.481 e. The number of carboxylic acid groups (broad SMARTS) is 3. The molecule has 3 saturated carbocycles. The lowest BCUT2D eigenvalue weighted by atomic mass is 9.83. The van der Waals surface area contributed by atoms with Crippen LogP contribution in [0.15, 0.2) is 0 Å².